The first-order valence-corrected chi connectivity index (χ1v) is 16.6. The fraction of sp³-hybridized carbons (Fsp3) is 0.0217. The minimum Gasteiger partial charge on any atom is -0.208 e. The summed E-state index contributed by atoms with van der Waals surface area (Å²) in [7, 11) is 0. The van der Waals surface area contributed by atoms with Gasteiger partial charge in [0.25, 0.3) is 0 Å². The number of aromatic nitrogens is 3. The second-order valence-corrected chi connectivity index (χ2v) is 12.3. The van der Waals surface area contributed by atoms with Gasteiger partial charge in [0.1, 0.15) is 0 Å². The average Bonchev–Trinajstić information content (AvgIpc) is 3.50. The molecule has 0 N–H and O–H groups in total. The van der Waals surface area contributed by atoms with Crippen molar-refractivity contribution in [1.82, 2.24) is 15.0 Å². The van der Waals surface area contributed by atoms with Crippen molar-refractivity contribution in [3.8, 4) is 56.4 Å². The third kappa shape index (κ3) is 4.70. The summed E-state index contributed by atoms with van der Waals surface area (Å²) < 4.78 is 0. The topological polar surface area (TPSA) is 38.7 Å². The summed E-state index contributed by atoms with van der Waals surface area (Å²) in [5, 5.41) is 0. The van der Waals surface area contributed by atoms with Crippen molar-refractivity contribution in [1.29, 1.82) is 0 Å². The first-order valence-electron chi connectivity index (χ1n) is 16.6. The minimum absolute atomic E-state index is 0.546. The van der Waals surface area contributed by atoms with Crippen LogP contribution in [0.3, 0.4) is 0 Å². The van der Waals surface area contributed by atoms with E-state index in [1.807, 2.05) is 36.4 Å². The highest BCUT2D eigenvalue weighted by Gasteiger charge is 2.47. The van der Waals surface area contributed by atoms with Gasteiger partial charge in [-0.15, -0.1) is 0 Å². The molecular weight excluding hydrogens is 595 g/mol. The normalized spacial score (nSPS) is 12.7. The van der Waals surface area contributed by atoms with E-state index in [-0.39, 0.29) is 0 Å². The van der Waals surface area contributed by atoms with Crippen LogP contribution in [-0.2, 0) is 5.41 Å². The van der Waals surface area contributed by atoms with Crippen molar-refractivity contribution < 1.29 is 0 Å². The van der Waals surface area contributed by atoms with E-state index in [1.165, 1.54) is 27.8 Å². The lowest BCUT2D eigenvalue weighted by atomic mass is 9.67. The summed E-state index contributed by atoms with van der Waals surface area (Å²) in [6.45, 7) is 0. The highest BCUT2D eigenvalue weighted by atomic mass is 15.0. The SMILES string of the molecule is c1ccc(-c2nc(-c3ccccc3)nc(-c3c(-c4ccccc4)ccc4c3-c3ccccc3C4(c3ccccc3)c3ccccc3)n2)cc1. The Morgan fingerprint density at radius 2 is 0.714 bits per heavy atom. The maximum atomic E-state index is 5.31. The Bertz CT molecular complexity index is 2310. The van der Waals surface area contributed by atoms with E-state index in [4.69, 9.17) is 15.0 Å². The van der Waals surface area contributed by atoms with Crippen LogP contribution in [0.2, 0.25) is 0 Å². The molecule has 0 amide bonds. The van der Waals surface area contributed by atoms with E-state index < -0.39 is 5.41 Å². The molecule has 0 atom stereocenters. The van der Waals surface area contributed by atoms with Crippen LogP contribution in [0.1, 0.15) is 22.3 Å². The molecule has 49 heavy (non-hydrogen) atoms. The highest BCUT2D eigenvalue weighted by molar-refractivity contribution is 6.00. The summed E-state index contributed by atoms with van der Waals surface area (Å²) in [4.78, 5) is 15.7. The van der Waals surface area contributed by atoms with Crippen LogP contribution in [0.4, 0.5) is 0 Å². The maximum absolute atomic E-state index is 5.31. The second kappa shape index (κ2) is 12.0. The maximum Gasteiger partial charge on any atom is 0.165 e. The molecule has 7 aromatic carbocycles. The summed E-state index contributed by atoms with van der Waals surface area (Å²) in [5.41, 5.74) is 11.8. The number of nitrogens with zero attached hydrogens (tertiary/aromatic N) is 3. The van der Waals surface area contributed by atoms with Gasteiger partial charge in [0, 0.05) is 16.7 Å². The summed E-state index contributed by atoms with van der Waals surface area (Å²) >= 11 is 0. The Morgan fingerprint density at radius 1 is 0.286 bits per heavy atom. The predicted molar refractivity (Wildman–Crippen MR) is 199 cm³/mol. The first-order chi connectivity index (χ1) is 24.3. The number of hydrogen-bond acceptors (Lipinski definition) is 3. The molecule has 0 bridgehead atoms. The van der Waals surface area contributed by atoms with Crippen molar-refractivity contribution >= 4 is 0 Å². The Labute approximate surface area is 286 Å². The largest absolute Gasteiger partial charge is 0.208 e. The fourth-order valence-corrected chi connectivity index (χ4v) is 7.54. The van der Waals surface area contributed by atoms with E-state index in [9.17, 15) is 0 Å². The number of fused-ring (bicyclic) bond motifs is 3. The molecule has 9 rings (SSSR count). The quantitative estimate of drug-likeness (QED) is 0.185. The van der Waals surface area contributed by atoms with E-state index in [1.54, 1.807) is 0 Å². The number of benzene rings is 7. The van der Waals surface area contributed by atoms with Gasteiger partial charge in [0.2, 0.25) is 0 Å². The van der Waals surface area contributed by atoms with Gasteiger partial charge in [-0.3, -0.25) is 0 Å². The smallest absolute Gasteiger partial charge is 0.165 e. The Morgan fingerprint density at radius 3 is 1.24 bits per heavy atom. The summed E-state index contributed by atoms with van der Waals surface area (Å²) in [5.74, 6) is 1.93. The first kappa shape index (κ1) is 28.7. The van der Waals surface area contributed by atoms with Crippen LogP contribution in [0, 0.1) is 0 Å². The lowest BCUT2D eigenvalue weighted by Gasteiger charge is -2.34. The van der Waals surface area contributed by atoms with E-state index in [0.717, 1.165) is 33.4 Å². The summed E-state index contributed by atoms with van der Waals surface area (Å²) in [6, 6.07) is 66.2. The van der Waals surface area contributed by atoms with Crippen molar-refractivity contribution in [3.05, 3.63) is 210 Å². The van der Waals surface area contributed by atoms with Gasteiger partial charge in [-0.25, -0.2) is 15.0 Å². The standard InChI is InChI=1S/C46H31N3/c1-6-18-32(19-7-1)37-30-31-40-41(38-28-16-17-29-39(38)46(40,35-24-12-4-13-25-35)36-26-14-5-15-27-36)42(37)45-48-43(33-20-8-2-9-21-33)47-44(49-45)34-22-10-3-11-23-34/h1-31H. The van der Waals surface area contributed by atoms with Crippen molar-refractivity contribution in [2.24, 2.45) is 0 Å². The molecule has 1 aromatic heterocycles. The molecule has 0 saturated carbocycles. The van der Waals surface area contributed by atoms with Crippen LogP contribution >= 0.6 is 0 Å². The average molecular weight is 626 g/mol. The monoisotopic (exact) mass is 625 g/mol. The lowest BCUT2D eigenvalue weighted by molar-refractivity contribution is 0.768. The zero-order valence-corrected chi connectivity index (χ0v) is 26.7. The zero-order chi connectivity index (χ0) is 32.6. The molecule has 0 spiro atoms. The minimum atomic E-state index is -0.546. The van der Waals surface area contributed by atoms with Gasteiger partial charge >= 0.3 is 0 Å². The molecule has 1 aliphatic carbocycles. The molecular formula is C46H31N3. The Kier molecular flexibility index (Phi) is 7.02. The molecule has 0 unspecified atom stereocenters. The van der Waals surface area contributed by atoms with Crippen LogP contribution in [0.5, 0.6) is 0 Å². The van der Waals surface area contributed by atoms with E-state index >= 15 is 0 Å². The molecule has 0 saturated heterocycles. The van der Waals surface area contributed by atoms with Gasteiger partial charge in [-0.2, -0.15) is 0 Å². The van der Waals surface area contributed by atoms with Crippen molar-refractivity contribution in [3.63, 3.8) is 0 Å². The molecule has 230 valence electrons. The van der Waals surface area contributed by atoms with Gasteiger partial charge in [-0.1, -0.05) is 188 Å². The molecule has 3 nitrogen and oxygen atoms in total. The van der Waals surface area contributed by atoms with E-state index in [2.05, 4.69) is 152 Å². The molecule has 0 fully saturated rings. The Balaban J connectivity index is 1.44. The molecule has 3 heteroatoms. The predicted octanol–water partition coefficient (Wildman–Crippen LogP) is 10.9. The van der Waals surface area contributed by atoms with Crippen LogP contribution < -0.4 is 0 Å². The van der Waals surface area contributed by atoms with Gasteiger partial charge in [0.05, 0.1) is 5.41 Å². The molecule has 1 aliphatic rings. The summed E-state index contributed by atoms with van der Waals surface area (Å²) in [6.07, 6.45) is 0. The molecule has 0 aliphatic heterocycles. The van der Waals surface area contributed by atoms with Crippen LogP contribution in [0.25, 0.3) is 56.4 Å². The van der Waals surface area contributed by atoms with E-state index in [0.29, 0.717) is 17.5 Å². The van der Waals surface area contributed by atoms with Gasteiger partial charge in [-0.05, 0) is 44.5 Å². The molecule has 8 aromatic rings. The molecule has 1 heterocycles. The van der Waals surface area contributed by atoms with Crippen LogP contribution in [-0.4, -0.2) is 15.0 Å². The van der Waals surface area contributed by atoms with Gasteiger partial charge in [0.15, 0.2) is 17.5 Å². The van der Waals surface area contributed by atoms with Crippen LogP contribution in [0.15, 0.2) is 188 Å². The number of rotatable bonds is 6. The lowest BCUT2D eigenvalue weighted by Crippen LogP contribution is -2.28. The zero-order valence-electron chi connectivity index (χ0n) is 26.7. The third-order valence-electron chi connectivity index (χ3n) is 9.63. The third-order valence-corrected chi connectivity index (χ3v) is 9.63. The molecule has 0 radical (unpaired) electrons. The fourth-order valence-electron chi connectivity index (χ4n) is 7.54. The highest BCUT2D eigenvalue weighted by Crippen LogP contribution is 2.59. The van der Waals surface area contributed by atoms with Gasteiger partial charge < -0.3 is 0 Å². The van der Waals surface area contributed by atoms with Crippen molar-refractivity contribution in [2.75, 3.05) is 0 Å². The Hall–Kier alpha value is -6.45. The van der Waals surface area contributed by atoms with Crippen molar-refractivity contribution in [2.45, 2.75) is 5.41 Å². The second-order valence-electron chi connectivity index (χ2n) is 12.3. The number of hydrogen-bond donors (Lipinski definition) is 0.